The predicted octanol–water partition coefficient (Wildman–Crippen LogP) is 3.02. The summed E-state index contributed by atoms with van der Waals surface area (Å²) in [5.41, 5.74) is 1.42. The van der Waals surface area contributed by atoms with E-state index in [-0.39, 0.29) is 5.97 Å². The number of ether oxygens (including phenoxy) is 1. The van der Waals surface area contributed by atoms with Crippen LogP contribution in [-0.4, -0.2) is 18.6 Å². The van der Waals surface area contributed by atoms with Crippen LogP contribution in [0.1, 0.15) is 25.3 Å². The van der Waals surface area contributed by atoms with Gasteiger partial charge in [0.25, 0.3) is 0 Å². The van der Waals surface area contributed by atoms with E-state index in [0.29, 0.717) is 12.8 Å². The standard InChI is InChI=1S/C13H16ClNO2/c1-3-13(12(16)17-2)8-7-9-10(14)5-4-6-11(9)15-13/h4-6,15H,3,7-8H2,1-2H3. The fourth-order valence-corrected chi connectivity index (χ4v) is 2.62. The van der Waals surface area contributed by atoms with Gasteiger partial charge in [-0.1, -0.05) is 24.6 Å². The van der Waals surface area contributed by atoms with Crippen LogP contribution in [0.25, 0.3) is 0 Å². The number of rotatable bonds is 2. The molecule has 0 fully saturated rings. The van der Waals surface area contributed by atoms with E-state index in [1.807, 2.05) is 25.1 Å². The Hall–Kier alpha value is -1.22. The average Bonchev–Trinajstić information content (AvgIpc) is 2.37. The predicted molar refractivity (Wildman–Crippen MR) is 68.4 cm³/mol. The van der Waals surface area contributed by atoms with Gasteiger partial charge in [-0.3, -0.25) is 0 Å². The summed E-state index contributed by atoms with van der Waals surface area (Å²) in [6.45, 7) is 1.99. The van der Waals surface area contributed by atoms with Crippen molar-refractivity contribution < 1.29 is 9.53 Å². The highest BCUT2D eigenvalue weighted by atomic mass is 35.5. The van der Waals surface area contributed by atoms with Gasteiger partial charge in [-0.2, -0.15) is 0 Å². The third-order valence-electron chi connectivity index (χ3n) is 3.47. The number of methoxy groups -OCH3 is 1. The number of nitrogens with one attached hydrogen (secondary N) is 1. The van der Waals surface area contributed by atoms with Gasteiger partial charge in [0.15, 0.2) is 0 Å². The molecule has 0 aromatic heterocycles. The summed E-state index contributed by atoms with van der Waals surface area (Å²) in [4.78, 5) is 11.9. The first kappa shape index (κ1) is 12.2. The zero-order chi connectivity index (χ0) is 12.5. The molecule has 3 nitrogen and oxygen atoms in total. The lowest BCUT2D eigenvalue weighted by molar-refractivity contribution is -0.146. The molecule has 0 amide bonds. The lowest BCUT2D eigenvalue weighted by Crippen LogP contribution is -2.49. The molecule has 0 radical (unpaired) electrons. The molecular formula is C13H16ClNO2. The SMILES string of the molecule is CCC1(C(=O)OC)CCc2c(Cl)cccc2N1. The van der Waals surface area contributed by atoms with Crippen molar-refractivity contribution in [2.75, 3.05) is 12.4 Å². The van der Waals surface area contributed by atoms with Gasteiger partial charge in [-0.05, 0) is 37.0 Å². The Morgan fingerprint density at radius 1 is 1.59 bits per heavy atom. The fraction of sp³-hybridized carbons (Fsp3) is 0.462. The minimum Gasteiger partial charge on any atom is -0.467 e. The second kappa shape index (κ2) is 4.57. The summed E-state index contributed by atoms with van der Waals surface area (Å²) >= 11 is 6.14. The number of fused-ring (bicyclic) bond motifs is 1. The van der Waals surface area contributed by atoms with E-state index in [4.69, 9.17) is 16.3 Å². The topological polar surface area (TPSA) is 38.3 Å². The Bertz CT molecular complexity index is 447. The Morgan fingerprint density at radius 3 is 3.00 bits per heavy atom. The van der Waals surface area contributed by atoms with Gasteiger partial charge in [-0.25, -0.2) is 4.79 Å². The molecule has 1 heterocycles. The van der Waals surface area contributed by atoms with Crippen molar-refractivity contribution in [2.45, 2.75) is 31.7 Å². The second-order valence-electron chi connectivity index (χ2n) is 4.32. The molecule has 4 heteroatoms. The molecule has 1 aliphatic rings. The largest absolute Gasteiger partial charge is 0.467 e. The van der Waals surface area contributed by atoms with Gasteiger partial charge in [-0.15, -0.1) is 0 Å². The Balaban J connectivity index is 2.37. The summed E-state index contributed by atoms with van der Waals surface area (Å²) < 4.78 is 4.89. The Kier molecular flexibility index (Phi) is 3.29. The van der Waals surface area contributed by atoms with E-state index in [0.717, 1.165) is 22.7 Å². The van der Waals surface area contributed by atoms with Crippen LogP contribution in [0.3, 0.4) is 0 Å². The summed E-state index contributed by atoms with van der Waals surface area (Å²) in [5, 5.41) is 4.05. The van der Waals surface area contributed by atoms with E-state index in [1.54, 1.807) is 0 Å². The van der Waals surface area contributed by atoms with E-state index in [9.17, 15) is 4.79 Å². The zero-order valence-electron chi connectivity index (χ0n) is 10.0. The highest BCUT2D eigenvalue weighted by Crippen LogP contribution is 2.36. The van der Waals surface area contributed by atoms with Crippen molar-refractivity contribution in [3.8, 4) is 0 Å². The van der Waals surface area contributed by atoms with E-state index >= 15 is 0 Å². The highest BCUT2D eigenvalue weighted by Gasteiger charge is 2.40. The third kappa shape index (κ3) is 2.00. The second-order valence-corrected chi connectivity index (χ2v) is 4.73. The highest BCUT2D eigenvalue weighted by molar-refractivity contribution is 6.31. The van der Waals surface area contributed by atoms with Crippen molar-refractivity contribution in [3.05, 3.63) is 28.8 Å². The van der Waals surface area contributed by atoms with Crippen LogP contribution in [0.15, 0.2) is 18.2 Å². The van der Waals surface area contributed by atoms with Gasteiger partial charge in [0.05, 0.1) is 7.11 Å². The van der Waals surface area contributed by atoms with Crippen LogP contribution in [0, 0.1) is 0 Å². The van der Waals surface area contributed by atoms with Crippen LogP contribution >= 0.6 is 11.6 Å². The van der Waals surface area contributed by atoms with Gasteiger partial charge < -0.3 is 10.1 Å². The fourth-order valence-electron chi connectivity index (χ4n) is 2.35. The third-order valence-corrected chi connectivity index (χ3v) is 3.83. The van der Waals surface area contributed by atoms with Crippen LogP contribution in [0.2, 0.25) is 5.02 Å². The first-order valence-corrected chi connectivity index (χ1v) is 6.15. The van der Waals surface area contributed by atoms with Crippen LogP contribution in [0.5, 0.6) is 0 Å². The van der Waals surface area contributed by atoms with Crippen molar-refractivity contribution in [3.63, 3.8) is 0 Å². The quantitative estimate of drug-likeness (QED) is 0.824. The number of esters is 1. The van der Waals surface area contributed by atoms with Crippen molar-refractivity contribution in [1.82, 2.24) is 0 Å². The minimum absolute atomic E-state index is 0.203. The molecule has 1 aliphatic heterocycles. The first-order chi connectivity index (χ1) is 8.13. The minimum atomic E-state index is -0.605. The Labute approximate surface area is 106 Å². The van der Waals surface area contributed by atoms with Gasteiger partial charge in [0.1, 0.15) is 5.54 Å². The van der Waals surface area contributed by atoms with Gasteiger partial charge in [0, 0.05) is 10.7 Å². The van der Waals surface area contributed by atoms with E-state index in [1.165, 1.54) is 7.11 Å². The number of halogens is 1. The van der Waals surface area contributed by atoms with E-state index in [2.05, 4.69) is 5.32 Å². The molecule has 2 rings (SSSR count). The van der Waals surface area contributed by atoms with Gasteiger partial charge >= 0.3 is 5.97 Å². The van der Waals surface area contributed by atoms with Crippen molar-refractivity contribution in [1.29, 1.82) is 0 Å². The molecule has 0 saturated heterocycles. The molecule has 0 saturated carbocycles. The molecule has 92 valence electrons. The molecule has 0 spiro atoms. The number of carbonyl (C=O) groups is 1. The molecule has 1 aromatic carbocycles. The molecule has 1 unspecified atom stereocenters. The molecule has 0 bridgehead atoms. The van der Waals surface area contributed by atoms with Gasteiger partial charge in [0.2, 0.25) is 0 Å². The summed E-state index contributed by atoms with van der Waals surface area (Å²) in [6.07, 6.45) is 2.21. The maximum Gasteiger partial charge on any atom is 0.331 e. The molecule has 1 aromatic rings. The zero-order valence-corrected chi connectivity index (χ0v) is 10.8. The molecule has 0 aliphatic carbocycles. The number of carbonyl (C=O) groups excluding carboxylic acids is 1. The van der Waals surface area contributed by atoms with Crippen molar-refractivity contribution in [2.24, 2.45) is 0 Å². The first-order valence-electron chi connectivity index (χ1n) is 5.77. The van der Waals surface area contributed by atoms with E-state index < -0.39 is 5.54 Å². The number of hydrogen-bond acceptors (Lipinski definition) is 3. The maximum absolute atomic E-state index is 11.9. The lowest BCUT2D eigenvalue weighted by Gasteiger charge is -2.37. The summed E-state index contributed by atoms with van der Waals surface area (Å²) in [7, 11) is 1.43. The number of anilines is 1. The van der Waals surface area contributed by atoms with Crippen molar-refractivity contribution >= 4 is 23.3 Å². The molecule has 17 heavy (non-hydrogen) atoms. The van der Waals surface area contributed by atoms with Crippen LogP contribution in [0.4, 0.5) is 5.69 Å². The normalized spacial score (nSPS) is 22.5. The van der Waals surface area contributed by atoms with Crippen LogP contribution < -0.4 is 5.32 Å². The Morgan fingerprint density at radius 2 is 2.35 bits per heavy atom. The maximum atomic E-state index is 11.9. The average molecular weight is 254 g/mol. The summed E-state index contributed by atoms with van der Waals surface area (Å²) in [6, 6.07) is 5.71. The smallest absolute Gasteiger partial charge is 0.331 e. The summed E-state index contributed by atoms with van der Waals surface area (Å²) in [5.74, 6) is -0.203. The number of hydrogen-bond donors (Lipinski definition) is 1. The van der Waals surface area contributed by atoms with Crippen LogP contribution in [-0.2, 0) is 16.0 Å². The monoisotopic (exact) mass is 253 g/mol. The molecular weight excluding hydrogens is 238 g/mol. The molecule has 1 atom stereocenters. The number of benzene rings is 1. The lowest BCUT2D eigenvalue weighted by atomic mass is 9.84. The molecule has 1 N–H and O–H groups in total.